The number of unbranched alkanes of at least 4 members (excludes halogenated alkanes) is 6. The zero-order valence-corrected chi connectivity index (χ0v) is 34.4. The Morgan fingerprint density at radius 1 is 0.418 bits per heavy atom. The largest absolute Gasteiger partial charge is 0.126 e. The number of rotatable bonds is 12. The molecule has 1 heteroatoms. The summed E-state index contributed by atoms with van der Waals surface area (Å²) < 4.78 is 0. The molecule has 0 amide bonds. The highest BCUT2D eigenvalue weighted by Crippen LogP contribution is 2.57. The first-order valence-electron chi connectivity index (χ1n) is 21.2. The first-order valence-corrected chi connectivity index (χ1v) is 22.5. The molecule has 0 saturated carbocycles. The van der Waals surface area contributed by atoms with Crippen LogP contribution in [0.1, 0.15) is 121 Å². The van der Waals surface area contributed by atoms with Crippen LogP contribution in [0.25, 0.3) is 55.6 Å². The fourth-order valence-corrected chi connectivity index (χ4v) is 12.5. The quantitative estimate of drug-likeness (QED) is 0.0865. The topological polar surface area (TPSA) is 0 Å². The molecule has 1 aliphatic heterocycles. The Labute approximate surface area is 333 Å². The molecule has 2 unspecified atom stereocenters. The summed E-state index contributed by atoms with van der Waals surface area (Å²) in [7, 11) is -0.0842. The average molecular weight is 737 g/mol. The summed E-state index contributed by atoms with van der Waals surface area (Å²) in [6, 6.07) is 47.5. The molecule has 0 saturated heterocycles. The van der Waals surface area contributed by atoms with Crippen LogP contribution in [0.15, 0.2) is 131 Å². The van der Waals surface area contributed by atoms with Crippen LogP contribution < -0.4 is 0 Å². The maximum absolute atomic E-state index is 2.54. The average Bonchev–Trinajstić information content (AvgIpc) is 3.78. The number of hydrogen-bond acceptors (Lipinski definition) is 0. The third-order valence-corrected chi connectivity index (χ3v) is 15.6. The lowest BCUT2D eigenvalue weighted by Gasteiger charge is -2.28. The molecular formula is C54H56S. The fraction of sp³-hybridized carbons (Fsp3) is 0.315. The van der Waals surface area contributed by atoms with Gasteiger partial charge in [0.05, 0.1) is 0 Å². The van der Waals surface area contributed by atoms with Gasteiger partial charge in [0.15, 0.2) is 0 Å². The molecule has 55 heavy (non-hydrogen) atoms. The second-order valence-corrected chi connectivity index (χ2v) is 18.9. The lowest BCUT2D eigenvalue weighted by molar-refractivity contribution is 0.487. The van der Waals surface area contributed by atoms with Gasteiger partial charge in [0.2, 0.25) is 0 Å². The Balaban J connectivity index is 1.05. The summed E-state index contributed by atoms with van der Waals surface area (Å²) in [4.78, 5) is 2.92. The summed E-state index contributed by atoms with van der Waals surface area (Å²) in [6.07, 6.45) is 12.8. The maximum Gasteiger partial charge on any atom is 0.0187 e. The third-order valence-electron chi connectivity index (χ3n) is 13.5. The second kappa shape index (κ2) is 14.6. The van der Waals surface area contributed by atoms with Gasteiger partial charge in [-0.2, -0.15) is 0 Å². The number of fused-ring (bicyclic) bond motifs is 9. The Hall–Kier alpha value is -4.46. The van der Waals surface area contributed by atoms with Crippen LogP contribution >= 0.6 is 10.5 Å². The van der Waals surface area contributed by atoms with Crippen molar-refractivity contribution < 1.29 is 0 Å². The molecule has 0 spiro atoms. The third kappa shape index (κ3) is 5.92. The minimum Gasteiger partial charge on any atom is -0.126 e. The van der Waals surface area contributed by atoms with Gasteiger partial charge >= 0.3 is 0 Å². The SMILES string of the molecule is CC=S1c2cc(-c3ccc4c(c3)C(C)(CCCCCC)c3ccccc3-4)ccc2-c2ccc(-c3ccc4c(c3)C(C)(CCCCCC)c3ccccc3-4)cc21. The molecule has 6 aromatic rings. The predicted molar refractivity (Wildman–Crippen MR) is 240 cm³/mol. The highest BCUT2D eigenvalue weighted by Gasteiger charge is 2.40. The van der Waals surface area contributed by atoms with Gasteiger partial charge in [-0.3, -0.25) is 0 Å². The first-order chi connectivity index (χ1) is 26.9. The minimum atomic E-state index is -0.0842. The molecule has 6 aromatic carbocycles. The van der Waals surface area contributed by atoms with Gasteiger partial charge in [-0.15, -0.1) is 10.5 Å². The van der Waals surface area contributed by atoms with E-state index in [1.165, 1.54) is 152 Å². The minimum absolute atomic E-state index is 0.0490. The van der Waals surface area contributed by atoms with Crippen molar-refractivity contribution in [1.82, 2.24) is 0 Å². The van der Waals surface area contributed by atoms with Crippen molar-refractivity contribution in [3.8, 4) is 55.6 Å². The van der Waals surface area contributed by atoms with Crippen molar-refractivity contribution >= 4 is 15.9 Å². The second-order valence-electron chi connectivity index (χ2n) is 16.9. The molecule has 278 valence electrons. The molecule has 0 bridgehead atoms. The highest BCUT2D eigenvalue weighted by atomic mass is 32.2. The van der Waals surface area contributed by atoms with E-state index in [1.54, 1.807) is 0 Å². The Morgan fingerprint density at radius 3 is 1.22 bits per heavy atom. The van der Waals surface area contributed by atoms with Gasteiger partial charge < -0.3 is 0 Å². The van der Waals surface area contributed by atoms with Gasteiger partial charge in [0, 0.05) is 20.6 Å². The molecule has 0 nitrogen and oxygen atoms in total. The van der Waals surface area contributed by atoms with Crippen molar-refractivity contribution in [3.05, 3.63) is 144 Å². The van der Waals surface area contributed by atoms with Crippen LogP contribution in [0, 0.1) is 0 Å². The van der Waals surface area contributed by atoms with Crippen molar-refractivity contribution in [3.63, 3.8) is 0 Å². The van der Waals surface area contributed by atoms with E-state index in [-0.39, 0.29) is 21.3 Å². The highest BCUT2D eigenvalue weighted by molar-refractivity contribution is 8.15. The zero-order chi connectivity index (χ0) is 37.7. The monoisotopic (exact) mass is 736 g/mol. The van der Waals surface area contributed by atoms with Gasteiger partial charge in [-0.05, 0) is 122 Å². The molecule has 0 radical (unpaired) electrons. The van der Waals surface area contributed by atoms with Crippen molar-refractivity contribution in [2.75, 3.05) is 0 Å². The van der Waals surface area contributed by atoms with E-state index in [2.05, 4.69) is 161 Å². The molecule has 0 N–H and O–H groups in total. The molecule has 2 atom stereocenters. The summed E-state index contributed by atoms with van der Waals surface area (Å²) in [5.41, 5.74) is 19.9. The van der Waals surface area contributed by atoms with E-state index >= 15 is 0 Å². The standard InChI is InChI=1S/C54H56S/c1-6-9-11-17-31-53(4)47-21-15-13-19-41(47)43-27-23-37(33-49(43)53)39-25-29-45-46-30-26-40(36-52(46)55(8-3)51(45)35-39)38-24-28-44-42-20-14-16-22-48(42)54(5,50(44)34-38)32-18-12-10-7-2/h8,13-16,19-30,33-36H,6-7,9-12,17-18,31-32H2,1-5H3. The Kier molecular flexibility index (Phi) is 9.58. The zero-order valence-electron chi connectivity index (χ0n) is 33.6. The van der Waals surface area contributed by atoms with E-state index in [1.807, 2.05) is 0 Å². The van der Waals surface area contributed by atoms with E-state index in [4.69, 9.17) is 0 Å². The van der Waals surface area contributed by atoms with Crippen LogP contribution in [-0.4, -0.2) is 5.37 Å². The lowest BCUT2D eigenvalue weighted by Crippen LogP contribution is -2.20. The molecule has 1 heterocycles. The van der Waals surface area contributed by atoms with E-state index in [0.717, 1.165) is 0 Å². The van der Waals surface area contributed by atoms with E-state index < -0.39 is 0 Å². The molecule has 9 rings (SSSR count). The molecule has 3 aliphatic rings. The number of benzene rings is 6. The van der Waals surface area contributed by atoms with Crippen LogP contribution in [0.2, 0.25) is 0 Å². The van der Waals surface area contributed by atoms with Crippen LogP contribution in [-0.2, 0) is 10.8 Å². The van der Waals surface area contributed by atoms with Crippen molar-refractivity contribution in [2.24, 2.45) is 0 Å². The molecule has 0 aromatic heterocycles. The summed E-state index contributed by atoms with van der Waals surface area (Å²) in [5.74, 6) is 0. The van der Waals surface area contributed by atoms with E-state index in [0.29, 0.717) is 0 Å². The van der Waals surface area contributed by atoms with Crippen LogP contribution in [0.4, 0.5) is 0 Å². The summed E-state index contributed by atoms with van der Waals surface area (Å²) in [6.45, 7) is 11.9. The van der Waals surface area contributed by atoms with E-state index in [9.17, 15) is 0 Å². The molecule has 2 aliphatic carbocycles. The fourth-order valence-electron chi connectivity index (χ4n) is 10.5. The first kappa shape index (κ1) is 36.2. The Morgan fingerprint density at radius 2 is 0.800 bits per heavy atom. The number of hydrogen-bond donors (Lipinski definition) is 0. The van der Waals surface area contributed by atoms with Crippen molar-refractivity contribution in [2.45, 2.75) is 119 Å². The normalized spacial score (nSPS) is 19.7. The van der Waals surface area contributed by atoms with Gasteiger partial charge in [0.25, 0.3) is 0 Å². The van der Waals surface area contributed by atoms with Gasteiger partial charge in [0.1, 0.15) is 0 Å². The van der Waals surface area contributed by atoms with Gasteiger partial charge in [-0.1, -0.05) is 181 Å². The Bertz CT molecular complexity index is 2290. The lowest BCUT2D eigenvalue weighted by atomic mass is 9.75. The van der Waals surface area contributed by atoms with Crippen LogP contribution in [0.3, 0.4) is 0 Å². The molecular weight excluding hydrogens is 681 g/mol. The van der Waals surface area contributed by atoms with Gasteiger partial charge in [-0.25, -0.2) is 0 Å². The summed E-state index contributed by atoms with van der Waals surface area (Å²) in [5, 5.41) is 2.44. The predicted octanol–water partition coefficient (Wildman–Crippen LogP) is 16.0. The van der Waals surface area contributed by atoms with Crippen molar-refractivity contribution in [1.29, 1.82) is 0 Å². The maximum atomic E-state index is 2.54. The smallest absolute Gasteiger partial charge is 0.0187 e. The van der Waals surface area contributed by atoms with Crippen LogP contribution in [0.5, 0.6) is 0 Å². The summed E-state index contributed by atoms with van der Waals surface area (Å²) >= 11 is 0. The molecule has 0 fully saturated rings.